The van der Waals surface area contributed by atoms with E-state index in [4.69, 9.17) is 0 Å². The minimum atomic E-state index is -4.31. The summed E-state index contributed by atoms with van der Waals surface area (Å²) in [5, 5.41) is 14.2. The zero-order valence-electron chi connectivity index (χ0n) is 21.7. The Hall–Kier alpha value is -3.77. The Labute approximate surface area is 236 Å². The quantitative estimate of drug-likeness (QED) is 0.249. The monoisotopic (exact) mass is 616 g/mol. The summed E-state index contributed by atoms with van der Waals surface area (Å²) in [4.78, 5) is 38.8. The molecule has 12 heteroatoms. The van der Waals surface area contributed by atoms with Crippen LogP contribution in [0.2, 0.25) is 0 Å². The van der Waals surface area contributed by atoms with Gasteiger partial charge in [-0.1, -0.05) is 52.3 Å². The molecule has 0 aliphatic rings. The highest BCUT2D eigenvalue weighted by atomic mass is 79.9. The second kappa shape index (κ2) is 12.9. The molecule has 3 aromatic carbocycles. The Morgan fingerprint density at radius 3 is 2.26 bits per heavy atom. The van der Waals surface area contributed by atoms with E-state index in [-0.39, 0.29) is 28.9 Å². The molecule has 0 aliphatic carbocycles. The zero-order chi connectivity index (χ0) is 28.7. The van der Waals surface area contributed by atoms with Gasteiger partial charge in [-0.15, -0.1) is 0 Å². The number of nitro benzene ring substituents is 1. The number of nitrogens with one attached hydrogen (secondary N) is 1. The van der Waals surface area contributed by atoms with E-state index in [9.17, 15) is 28.1 Å². The molecule has 0 bridgehead atoms. The molecule has 1 atom stereocenters. The fourth-order valence-corrected chi connectivity index (χ4v) is 5.70. The number of anilines is 1. The summed E-state index contributed by atoms with van der Waals surface area (Å²) in [6.45, 7) is 4.49. The first-order valence-corrected chi connectivity index (χ1v) is 14.3. The maximum atomic E-state index is 13.8. The fraction of sp³-hybridized carbons (Fsp3) is 0.259. The number of non-ortho nitro benzene ring substituents is 1. The van der Waals surface area contributed by atoms with Crippen molar-refractivity contribution in [1.29, 1.82) is 0 Å². The molecule has 0 heterocycles. The van der Waals surface area contributed by atoms with E-state index in [0.717, 1.165) is 20.4 Å². The number of carbonyl (C=O) groups is 2. The predicted molar refractivity (Wildman–Crippen MR) is 152 cm³/mol. The van der Waals surface area contributed by atoms with E-state index >= 15 is 0 Å². The van der Waals surface area contributed by atoms with Crippen molar-refractivity contribution < 1.29 is 22.9 Å². The van der Waals surface area contributed by atoms with Gasteiger partial charge in [-0.3, -0.25) is 24.0 Å². The van der Waals surface area contributed by atoms with Gasteiger partial charge in [0.2, 0.25) is 11.8 Å². The van der Waals surface area contributed by atoms with Gasteiger partial charge in [0.15, 0.2) is 0 Å². The number of rotatable bonds is 11. The van der Waals surface area contributed by atoms with Crippen LogP contribution in [0.4, 0.5) is 11.4 Å². The second-order valence-corrected chi connectivity index (χ2v) is 11.9. The average Bonchev–Trinajstić information content (AvgIpc) is 2.90. The molecule has 39 heavy (non-hydrogen) atoms. The molecule has 1 N–H and O–H groups in total. The fourth-order valence-electron chi connectivity index (χ4n) is 3.83. The van der Waals surface area contributed by atoms with Crippen molar-refractivity contribution in [2.24, 2.45) is 0 Å². The molecule has 0 fully saturated rings. The van der Waals surface area contributed by atoms with Crippen LogP contribution in [0.1, 0.15) is 26.3 Å². The van der Waals surface area contributed by atoms with Crippen LogP contribution in [0, 0.1) is 10.1 Å². The molecule has 3 rings (SSSR count). The molecule has 0 aromatic heterocycles. The van der Waals surface area contributed by atoms with Gasteiger partial charge in [0, 0.05) is 29.2 Å². The predicted octanol–water partition coefficient (Wildman–Crippen LogP) is 4.49. The Kier molecular flexibility index (Phi) is 9.81. The molecule has 0 spiro atoms. The largest absolute Gasteiger partial charge is 0.352 e. The maximum Gasteiger partial charge on any atom is 0.271 e. The lowest BCUT2D eigenvalue weighted by Gasteiger charge is -2.32. The van der Waals surface area contributed by atoms with Gasteiger partial charge in [-0.2, -0.15) is 0 Å². The molecular weight excluding hydrogens is 588 g/mol. The molecule has 206 valence electrons. The first-order chi connectivity index (χ1) is 18.4. The smallest absolute Gasteiger partial charge is 0.271 e. The van der Waals surface area contributed by atoms with Crippen LogP contribution >= 0.6 is 15.9 Å². The molecular formula is C27H29BrN4O6S. The zero-order valence-corrected chi connectivity index (χ0v) is 24.1. The van der Waals surface area contributed by atoms with Gasteiger partial charge in [0.05, 0.1) is 15.5 Å². The van der Waals surface area contributed by atoms with Crippen LogP contribution in [-0.4, -0.2) is 48.7 Å². The lowest BCUT2D eigenvalue weighted by atomic mass is 10.1. The third kappa shape index (κ3) is 7.64. The first kappa shape index (κ1) is 29.8. The average molecular weight is 618 g/mol. The topological polar surface area (TPSA) is 130 Å². The number of nitro groups is 1. The highest BCUT2D eigenvalue weighted by Gasteiger charge is 2.33. The summed E-state index contributed by atoms with van der Waals surface area (Å²) in [5.41, 5.74) is 0.335. The minimum Gasteiger partial charge on any atom is -0.352 e. The highest BCUT2D eigenvalue weighted by Crippen LogP contribution is 2.27. The third-order valence-corrected chi connectivity index (χ3v) is 8.06. The van der Waals surface area contributed by atoms with Gasteiger partial charge in [0.1, 0.15) is 12.6 Å². The molecule has 0 radical (unpaired) electrons. The minimum absolute atomic E-state index is 0.0269. The molecule has 0 aliphatic heterocycles. The number of amides is 2. The number of benzene rings is 3. The molecule has 10 nitrogen and oxygen atoms in total. The number of carbonyl (C=O) groups excluding carboxylic acids is 2. The van der Waals surface area contributed by atoms with Gasteiger partial charge in [-0.25, -0.2) is 8.42 Å². The summed E-state index contributed by atoms with van der Waals surface area (Å²) in [5.74, 6) is -1.06. The second-order valence-electron chi connectivity index (χ2n) is 9.09. The van der Waals surface area contributed by atoms with Crippen LogP contribution in [0.3, 0.4) is 0 Å². The summed E-state index contributed by atoms with van der Waals surface area (Å²) in [6, 6.07) is 18.6. The van der Waals surface area contributed by atoms with Crippen molar-refractivity contribution in [1.82, 2.24) is 10.2 Å². The Bertz CT molecular complexity index is 1450. The van der Waals surface area contributed by atoms with E-state index in [0.29, 0.717) is 0 Å². The summed E-state index contributed by atoms with van der Waals surface area (Å²) in [6.07, 6.45) is 0. The van der Waals surface area contributed by atoms with Crippen molar-refractivity contribution in [2.75, 3.05) is 10.8 Å². The Morgan fingerprint density at radius 2 is 1.64 bits per heavy atom. The van der Waals surface area contributed by atoms with E-state index in [1.807, 2.05) is 6.07 Å². The maximum absolute atomic E-state index is 13.8. The van der Waals surface area contributed by atoms with Gasteiger partial charge in [-0.05, 0) is 56.7 Å². The van der Waals surface area contributed by atoms with Crippen LogP contribution in [0.15, 0.2) is 88.2 Å². The summed E-state index contributed by atoms with van der Waals surface area (Å²) >= 11 is 3.40. The van der Waals surface area contributed by atoms with Crippen molar-refractivity contribution >= 4 is 49.1 Å². The number of hydrogen-bond acceptors (Lipinski definition) is 6. The number of hydrogen-bond donors (Lipinski definition) is 1. The third-order valence-electron chi connectivity index (χ3n) is 5.78. The number of halogens is 1. The number of sulfonamides is 1. The van der Waals surface area contributed by atoms with E-state index < -0.39 is 39.3 Å². The molecule has 0 saturated heterocycles. The molecule has 0 saturated carbocycles. The molecule has 0 unspecified atom stereocenters. The lowest BCUT2D eigenvalue weighted by molar-refractivity contribution is -0.384. The van der Waals surface area contributed by atoms with Crippen LogP contribution in [0.5, 0.6) is 0 Å². The van der Waals surface area contributed by atoms with Crippen molar-refractivity contribution in [2.45, 2.75) is 44.3 Å². The summed E-state index contributed by atoms with van der Waals surface area (Å²) < 4.78 is 29.1. The van der Waals surface area contributed by atoms with Crippen LogP contribution < -0.4 is 9.62 Å². The van der Waals surface area contributed by atoms with Crippen LogP contribution in [-0.2, 0) is 26.2 Å². The highest BCUT2D eigenvalue weighted by molar-refractivity contribution is 9.10. The number of nitrogens with zero attached hydrogens (tertiary/aromatic N) is 3. The van der Waals surface area contributed by atoms with Gasteiger partial charge >= 0.3 is 0 Å². The Morgan fingerprint density at radius 1 is 0.974 bits per heavy atom. The SMILES string of the molecule is CC(C)NC(=O)[C@H](C)N(Cc1cccc(Br)c1)C(=O)CN(c1cccc([N+](=O)[O-])c1)S(=O)(=O)c1ccccc1. The van der Waals surface area contributed by atoms with E-state index in [1.54, 1.807) is 45.0 Å². The van der Waals surface area contributed by atoms with Gasteiger partial charge < -0.3 is 10.2 Å². The normalized spacial score (nSPS) is 12.0. The van der Waals surface area contributed by atoms with Crippen LogP contribution in [0.25, 0.3) is 0 Å². The van der Waals surface area contributed by atoms with E-state index in [1.165, 1.54) is 47.4 Å². The lowest BCUT2D eigenvalue weighted by Crippen LogP contribution is -2.52. The molecule has 3 aromatic rings. The van der Waals surface area contributed by atoms with Gasteiger partial charge in [0.25, 0.3) is 15.7 Å². The van der Waals surface area contributed by atoms with Crippen molar-refractivity contribution in [3.05, 3.63) is 99.0 Å². The Balaban J connectivity index is 2.07. The molecule has 2 amide bonds. The van der Waals surface area contributed by atoms with Crippen molar-refractivity contribution in [3.63, 3.8) is 0 Å². The standard InChI is InChI=1S/C27H29BrN4O6S/c1-19(2)29-27(34)20(3)30(17-21-9-7-10-22(28)15-21)26(33)18-31(23-11-8-12-24(16-23)32(35)36)39(37,38)25-13-5-4-6-14-25/h4-16,19-20H,17-18H2,1-3H3,(H,29,34)/t20-/m0/s1. The summed E-state index contributed by atoms with van der Waals surface area (Å²) in [7, 11) is -4.31. The van der Waals surface area contributed by atoms with E-state index in [2.05, 4.69) is 21.2 Å². The first-order valence-electron chi connectivity index (χ1n) is 12.1. The van der Waals surface area contributed by atoms with Crippen molar-refractivity contribution in [3.8, 4) is 0 Å².